The number of piperidine rings is 1. The summed E-state index contributed by atoms with van der Waals surface area (Å²) in [6, 6.07) is 0. The minimum atomic E-state index is -0.441. The van der Waals surface area contributed by atoms with E-state index in [2.05, 4.69) is 28.9 Å². The highest BCUT2D eigenvalue weighted by molar-refractivity contribution is 7.98. The summed E-state index contributed by atoms with van der Waals surface area (Å²) in [6.07, 6.45) is 3.07. The lowest BCUT2D eigenvalue weighted by molar-refractivity contribution is -0.152. The van der Waals surface area contributed by atoms with Crippen LogP contribution >= 0.6 is 11.8 Å². The second kappa shape index (κ2) is 8.46. The number of ether oxygens (including phenoxy) is 1. The van der Waals surface area contributed by atoms with E-state index in [-0.39, 0.29) is 18.9 Å². The van der Waals surface area contributed by atoms with Crippen LogP contribution in [0, 0.1) is 25.7 Å². The number of amides is 1. The molecule has 0 radical (unpaired) electrons. The van der Waals surface area contributed by atoms with Crippen molar-refractivity contribution < 1.29 is 14.3 Å². The first-order valence-electron chi connectivity index (χ1n) is 9.48. The lowest BCUT2D eigenvalue weighted by Crippen LogP contribution is -2.44. The SMILES string of the molecule is CSc1nc2nc(C)c(CC(=O)OCC(=O)N3C[C@@H](C)C[C@H](C)C3)c(C)n2n1. The van der Waals surface area contributed by atoms with Gasteiger partial charge in [0.25, 0.3) is 11.7 Å². The summed E-state index contributed by atoms with van der Waals surface area (Å²) < 4.78 is 6.91. The Kier molecular flexibility index (Phi) is 6.22. The van der Waals surface area contributed by atoms with Crippen LogP contribution in [-0.4, -0.2) is 62.3 Å². The number of hydrogen-bond donors (Lipinski definition) is 0. The zero-order chi connectivity index (χ0) is 20.4. The maximum Gasteiger partial charge on any atom is 0.310 e. The third-order valence-corrected chi connectivity index (χ3v) is 5.65. The standard InChI is InChI=1S/C19H27N5O3S/c1-11-6-12(2)9-23(8-11)16(25)10-27-17(26)7-15-13(3)20-18-21-19(28-5)22-24(18)14(15)4/h11-12H,6-10H2,1-5H3/t11-,12-/m0/s1. The van der Waals surface area contributed by atoms with Gasteiger partial charge in [0, 0.05) is 30.0 Å². The Bertz CT molecular complexity index is 887. The average Bonchev–Trinajstić information content (AvgIpc) is 3.05. The molecular formula is C19H27N5O3S. The molecule has 0 N–H and O–H groups in total. The molecule has 0 aliphatic carbocycles. The molecule has 0 bridgehead atoms. The second-order valence-electron chi connectivity index (χ2n) is 7.65. The molecule has 0 unspecified atom stereocenters. The predicted octanol–water partition coefficient (Wildman–Crippen LogP) is 2.05. The van der Waals surface area contributed by atoms with E-state index in [0.717, 1.165) is 30.8 Å². The van der Waals surface area contributed by atoms with Crippen LogP contribution in [0.15, 0.2) is 5.16 Å². The number of hydrogen-bond acceptors (Lipinski definition) is 7. The van der Waals surface area contributed by atoms with E-state index in [0.29, 0.717) is 28.5 Å². The highest BCUT2D eigenvalue weighted by atomic mass is 32.2. The second-order valence-corrected chi connectivity index (χ2v) is 8.43. The quantitative estimate of drug-likeness (QED) is 0.555. The summed E-state index contributed by atoms with van der Waals surface area (Å²) in [5.74, 6) is 0.888. The lowest BCUT2D eigenvalue weighted by Gasteiger charge is -2.34. The number of thioether (sulfide) groups is 1. The fourth-order valence-electron chi connectivity index (χ4n) is 3.83. The minimum absolute atomic E-state index is 0.0507. The van der Waals surface area contributed by atoms with Crippen LogP contribution in [0.1, 0.15) is 37.2 Å². The third kappa shape index (κ3) is 4.45. The molecule has 1 amide bonds. The largest absolute Gasteiger partial charge is 0.455 e. The molecule has 3 heterocycles. The van der Waals surface area contributed by atoms with Gasteiger partial charge in [0.2, 0.25) is 5.16 Å². The summed E-state index contributed by atoms with van der Waals surface area (Å²) in [5, 5.41) is 5.01. The van der Waals surface area contributed by atoms with Crippen molar-refractivity contribution in [1.29, 1.82) is 0 Å². The molecule has 1 aliphatic rings. The van der Waals surface area contributed by atoms with E-state index in [1.54, 1.807) is 9.42 Å². The van der Waals surface area contributed by atoms with Crippen molar-refractivity contribution in [3.8, 4) is 0 Å². The van der Waals surface area contributed by atoms with Gasteiger partial charge >= 0.3 is 5.97 Å². The van der Waals surface area contributed by atoms with E-state index in [9.17, 15) is 9.59 Å². The Morgan fingerprint density at radius 2 is 1.86 bits per heavy atom. The number of carbonyl (C=O) groups is 2. The average molecular weight is 406 g/mol. The van der Waals surface area contributed by atoms with Crippen LogP contribution in [-0.2, 0) is 20.7 Å². The maximum atomic E-state index is 12.4. The molecule has 1 aliphatic heterocycles. The molecule has 2 aromatic heterocycles. The number of aryl methyl sites for hydroxylation is 2. The molecule has 8 nitrogen and oxygen atoms in total. The molecule has 3 rings (SSSR count). The fourth-order valence-corrected chi connectivity index (χ4v) is 4.16. The monoisotopic (exact) mass is 405 g/mol. The minimum Gasteiger partial charge on any atom is -0.455 e. The van der Waals surface area contributed by atoms with E-state index >= 15 is 0 Å². The first kappa shape index (κ1) is 20.6. The Labute approximate surface area is 169 Å². The van der Waals surface area contributed by atoms with E-state index in [4.69, 9.17) is 4.74 Å². The number of esters is 1. The number of rotatable bonds is 5. The summed E-state index contributed by atoms with van der Waals surface area (Å²) in [7, 11) is 0. The van der Waals surface area contributed by atoms with Crippen molar-refractivity contribution in [3.05, 3.63) is 17.0 Å². The Balaban J connectivity index is 1.64. The molecule has 152 valence electrons. The molecule has 0 saturated carbocycles. The van der Waals surface area contributed by atoms with Crippen molar-refractivity contribution in [3.63, 3.8) is 0 Å². The Morgan fingerprint density at radius 1 is 1.18 bits per heavy atom. The Morgan fingerprint density at radius 3 is 2.50 bits per heavy atom. The number of carbonyl (C=O) groups excluding carboxylic acids is 2. The van der Waals surface area contributed by atoms with E-state index < -0.39 is 5.97 Å². The van der Waals surface area contributed by atoms with Crippen molar-refractivity contribution in [2.45, 2.75) is 45.7 Å². The first-order chi connectivity index (χ1) is 13.3. The normalized spacial score (nSPS) is 19.8. The van der Waals surface area contributed by atoms with Gasteiger partial charge in [0.15, 0.2) is 6.61 Å². The molecule has 9 heteroatoms. The molecule has 1 fully saturated rings. The van der Waals surface area contributed by atoms with Crippen molar-refractivity contribution in [2.75, 3.05) is 26.0 Å². The van der Waals surface area contributed by atoms with E-state index in [1.165, 1.54) is 11.8 Å². The molecule has 28 heavy (non-hydrogen) atoms. The third-order valence-electron chi connectivity index (χ3n) is 5.11. The Hall–Kier alpha value is -2.16. The van der Waals surface area contributed by atoms with Crippen LogP contribution in [0.25, 0.3) is 5.78 Å². The number of aromatic nitrogens is 4. The van der Waals surface area contributed by atoms with E-state index in [1.807, 2.05) is 20.1 Å². The summed E-state index contributed by atoms with van der Waals surface area (Å²) in [4.78, 5) is 35.3. The van der Waals surface area contributed by atoms with Crippen molar-refractivity contribution in [2.24, 2.45) is 11.8 Å². The van der Waals surface area contributed by atoms with Gasteiger partial charge in [-0.2, -0.15) is 4.98 Å². The number of nitrogens with zero attached hydrogens (tertiary/aromatic N) is 5. The zero-order valence-electron chi connectivity index (χ0n) is 17.1. The number of likely N-dealkylation sites (tertiary alicyclic amines) is 1. The molecule has 1 saturated heterocycles. The fraction of sp³-hybridized carbons (Fsp3) is 0.632. The van der Waals surface area contributed by atoms with Crippen LogP contribution in [0.5, 0.6) is 0 Å². The van der Waals surface area contributed by atoms with Gasteiger partial charge in [-0.15, -0.1) is 5.10 Å². The summed E-state index contributed by atoms with van der Waals surface area (Å²) in [6.45, 7) is 9.24. The van der Waals surface area contributed by atoms with Crippen molar-refractivity contribution >= 4 is 29.4 Å². The molecule has 2 aromatic rings. The van der Waals surface area contributed by atoms with Gasteiger partial charge in [0.1, 0.15) is 0 Å². The highest BCUT2D eigenvalue weighted by Crippen LogP contribution is 2.21. The first-order valence-corrected chi connectivity index (χ1v) is 10.7. The van der Waals surface area contributed by atoms with Gasteiger partial charge in [-0.25, -0.2) is 9.50 Å². The molecule has 0 spiro atoms. The molecular weight excluding hydrogens is 378 g/mol. The summed E-state index contributed by atoms with van der Waals surface area (Å²) >= 11 is 1.44. The van der Waals surface area contributed by atoms with Gasteiger partial charge < -0.3 is 9.64 Å². The highest BCUT2D eigenvalue weighted by Gasteiger charge is 2.26. The maximum absolute atomic E-state index is 12.4. The van der Waals surface area contributed by atoms with Gasteiger partial charge in [-0.3, -0.25) is 9.59 Å². The van der Waals surface area contributed by atoms with Crippen LogP contribution < -0.4 is 0 Å². The predicted molar refractivity (Wildman–Crippen MR) is 106 cm³/mol. The smallest absolute Gasteiger partial charge is 0.310 e. The van der Waals surface area contributed by atoms with Crippen LogP contribution in [0.3, 0.4) is 0 Å². The topological polar surface area (TPSA) is 89.7 Å². The lowest BCUT2D eigenvalue weighted by atomic mass is 9.92. The van der Waals surface area contributed by atoms with Crippen LogP contribution in [0.4, 0.5) is 0 Å². The van der Waals surface area contributed by atoms with Gasteiger partial charge in [0.05, 0.1) is 6.42 Å². The van der Waals surface area contributed by atoms with Crippen molar-refractivity contribution in [1.82, 2.24) is 24.5 Å². The molecule has 2 atom stereocenters. The molecule has 0 aromatic carbocycles. The van der Waals surface area contributed by atoms with Gasteiger partial charge in [-0.1, -0.05) is 25.6 Å². The van der Waals surface area contributed by atoms with Crippen LogP contribution in [0.2, 0.25) is 0 Å². The zero-order valence-corrected chi connectivity index (χ0v) is 17.9. The van der Waals surface area contributed by atoms with Gasteiger partial charge in [-0.05, 0) is 38.4 Å². The number of fused-ring (bicyclic) bond motifs is 1. The summed E-state index contributed by atoms with van der Waals surface area (Å²) in [5.41, 5.74) is 2.27.